The zero-order valence-electron chi connectivity index (χ0n) is 7.76. The SMILES string of the molecule is COc1c[c-]cc(OC)c1.[CH3-].[Mg+2]. The van der Waals surface area contributed by atoms with Gasteiger partial charge in [-0.15, -0.1) is 12.1 Å². The van der Waals surface area contributed by atoms with Gasteiger partial charge in [-0.25, -0.2) is 0 Å². The smallest absolute Gasteiger partial charge is 0.554 e. The number of methoxy groups -OCH3 is 2. The Bertz CT molecular complexity index is 194. The topological polar surface area (TPSA) is 18.5 Å². The first-order valence-corrected chi connectivity index (χ1v) is 2.96. The summed E-state index contributed by atoms with van der Waals surface area (Å²) in [5, 5.41) is 0. The molecule has 12 heavy (non-hydrogen) atoms. The molecule has 0 N–H and O–H groups in total. The van der Waals surface area contributed by atoms with Crippen LogP contribution >= 0.6 is 0 Å². The average Bonchev–Trinajstić information content (AvgIpc) is 2.05. The van der Waals surface area contributed by atoms with Crippen molar-refractivity contribution >= 4 is 23.1 Å². The van der Waals surface area contributed by atoms with E-state index >= 15 is 0 Å². The predicted octanol–water partition coefficient (Wildman–Crippen LogP) is 1.57. The summed E-state index contributed by atoms with van der Waals surface area (Å²) in [7, 11) is 3.23. The number of hydrogen-bond donors (Lipinski definition) is 0. The monoisotopic (exact) mass is 176 g/mol. The molecule has 1 rings (SSSR count). The van der Waals surface area contributed by atoms with E-state index in [1.165, 1.54) is 0 Å². The molecule has 0 heterocycles. The zero-order valence-corrected chi connectivity index (χ0v) is 9.17. The first kappa shape index (κ1) is 14.1. The summed E-state index contributed by atoms with van der Waals surface area (Å²) in [6.07, 6.45) is 0. The molecule has 3 heteroatoms. The summed E-state index contributed by atoms with van der Waals surface area (Å²) in [5.74, 6) is 1.53. The molecule has 0 fully saturated rings. The predicted molar refractivity (Wildman–Crippen MR) is 50.6 cm³/mol. The number of hydrogen-bond acceptors (Lipinski definition) is 2. The summed E-state index contributed by atoms with van der Waals surface area (Å²) in [6, 6.07) is 8.19. The summed E-state index contributed by atoms with van der Waals surface area (Å²) < 4.78 is 9.89. The Morgan fingerprint density at radius 2 is 1.50 bits per heavy atom. The Labute approximate surface area is 90.0 Å². The van der Waals surface area contributed by atoms with Crippen molar-refractivity contribution in [2.45, 2.75) is 0 Å². The standard InChI is InChI=1S/C8H9O2.CH3.Mg/c1-9-7-4-3-5-8(6-7)10-2;;/h4-6H,1-2H3;1H3;/q2*-1;+2. The molecule has 2 nitrogen and oxygen atoms in total. The Balaban J connectivity index is 0. The molecule has 1 aromatic carbocycles. The molecular formula is C9H12MgO2. The minimum atomic E-state index is 0. The third kappa shape index (κ3) is 3.83. The van der Waals surface area contributed by atoms with Crippen LogP contribution in [0.5, 0.6) is 11.5 Å². The van der Waals surface area contributed by atoms with Gasteiger partial charge in [0.05, 0.1) is 14.2 Å². The van der Waals surface area contributed by atoms with Crippen molar-refractivity contribution in [2.75, 3.05) is 14.2 Å². The molecule has 0 aliphatic carbocycles. The van der Waals surface area contributed by atoms with E-state index in [4.69, 9.17) is 9.47 Å². The molecule has 0 amide bonds. The van der Waals surface area contributed by atoms with Crippen molar-refractivity contribution in [1.29, 1.82) is 0 Å². The van der Waals surface area contributed by atoms with E-state index < -0.39 is 0 Å². The van der Waals surface area contributed by atoms with Crippen LogP contribution in [-0.4, -0.2) is 37.3 Å². The molecule has 0 saturated carbocycles. The minimum absolute atomic E-state index is 0. The van der Waals surface area contributed by atoms with Gasteiger partial charge in [0.1, 0.15) is 0 Å². The number of rotatable bonds is 2. The van der Waals surface area contributed by atoms with Gasteiger partial charge in [-0.1, -0.05) is 6.07 Å². The van der Waals surface area contributed by atoms with Crippen LogP contribution in [0.1, 0.15) is 0 Å². The fourth-order valence-corrected chi connectivity index (χ4v) is 0.665. The van der Waals surface area contributed by atoms with Crippen LogP contribution in [0.15, 0.2) is 18.2 Å². The summed E-state index contributed by atoms with van der Waals surface area (Å²) in [4.78, 5) is 0. The fourth-order valence-electron chi connectivity index (χ4n) is 0.665. The van der Waals surface area contributed by atoms with Crippen molar-refractivity contribution in [3.8, 4) is 11.5 Å². The van der Waals surface area contributed by atoms with Gasteiger partial charge < -0.3 is 16.9 Å². The van der Waals surface area contributed by atoms with Crippen molar-refractivity contribution in [1.82, 2.24) is 0 Å². The second kappa shape index (κ2) is 7.25. The molecule has 0 aromatic heterocycles. The van der Waals surface area contributed by atoms with Crippen molar-refractivity contribution in [3.05, 3.63) is 31.7 Å². The van der Waals surface area contributed by atoms with E-state index in [-0.39, 0.29) is 30.5 Å². The Hall–Kier alpha value is -0.414. The molecule has 0 spiro atoms. The second-order valence-corrected chi connectivity index (χ2v) is 1.81. The molecule has 0 saturated heterocycles. The zero-order chi connectivity index (χ0) is 7.40. The normalized spacial score (nSPS) is 7.50. The van der Waals surface area contributed by atoms with E-state index in [0.717, 1.165) is 11.5 Å². The molecule has 0 atom stereocenters. The Morgan fingerprint density at radius 3 is 1.83 bits per heavy atom. The number of benzene rings is 1. The van der Waals surface area contributed by atoms with Gasteiger partial charge in [0.25, 0.3) is 0 Å². The van der Waals surface area contributed by atoms with Crippen molar-refractivity contribution in [3.63, 3.8) is 0 Å². The first-order chi connectivity index (χ1) is 4.86. The molecular weight excluding hydrogens is 164 g/mol. The van der Waals surface area contributed by atoms with Gasteiger partial charge in [-0.2, -0.15) is 6.07 Å². The maximum atomic E-state index is 4.95. The van der Waals surface area contributed by atoms with E-state index in [1.807, 2.05) is 0 Å². The second-order valence-electron chi connectivity index (χ2n) is 1.81. The molecule has 1 aromatic rings. The summed E-state index contributed by atoms with van der Waals surface area (Å²) in [6.45, 7) is 0. The van der Waals surface area contributed by atoms with Gasteiger partial charge in [-0.05, 0) is 0 Å². The van der Waals surface area contributed by atoms with Crippen molar-refractivity contribution < 1.29 is 9.47 Å². The van der Waals surface area contributed by atoms with Gasteiger partial charge in [0.2, 0.25) is 0 Å². The Morgan fingerprint density at radius 1 is 1.08 bits per heavy atom. The van der Waals surface area contributed by atoms with Gasteiger partial charge >= 0.3 is 23.1 Å². The molecule has 0 aliphatic rings. The van der Waals surface area contributed by atoms with Crippen molar-refractivity contribution in [2.24, 2.45) is 0 Å². The minimum Gasteiger partial charge on any atom is -0.554 e. The largest absolute Gasteiger partial charge is 2.00 e. The van der Waals surface area contributed by atoms with E-state index in [9.17, 15) is 0 Å². The van der Waals surface area contributed by atoms with Crippen LogP contribution in [0, 0.1) is 13.5 Å². The third-order valence-corrected chi connectivity index (χ3v) is 1.21. The molecule has 62 valence electrons. The third-order valence-electron chi connectivity index (χ3n) is 1.21. The fraction of sp³-hybridized carbons (Fsp3) is 0.222. The van der Waals surface area contributed by atoms with Gasteiger partial charge in [-0.3, -0.25) is 0 Å². The van der Waals surface area contributed by atoms with Crippen LogP contribution < -0.4 is 9.47 Å². The van der Waals surface area contributed by atoms with E-state index in [2.05, 4.69) is 6.07 Å². The number of ether oxygens (including phenoxy) is 2. The van der Waals surface area contributed by atoms with Gasteiger partial charge in [0, 0.05) is 11.5 Å². The first-order valence-electron chi connectivity index (χ1n) is 2.96. The average molecular weight is 176 g/mol. The Kier molecular flexibility index (Phi) is 8.53. The van der Waals surface area contributed by atoms with Crippen LogP contribution in [0.4, 0.5) is 0 Å². The van der Waals surface area contributed by atoms with Crippen LogP contribution in [0.25, 0.3) is 0 Å². The van der Waals surface area contributed by atoms with Crippen LogP contribution in [0.2, 0.25) is 0 Å². The van der Waals surface area contributed by atoms with E-state index in [1.54, 1.807) is 32.4 Å². The molecule has 0 aliphatic heterocycles. The van der Waals surface area contributed by atoms with Crippen LogP contribution in [-0.2, 0) is 0 Å². The summed E-state index contributed by atoms with van der Waals surface area (Å²) >= 11 is 0. The molecule has 0 radical (unpaired) electrons. The van der Waals surface area contributed by atoms with E-state index in [0.29, 0.717) is 0 Å². The maximum Gasteiger partial charge on any atom is 2.00 e. The van der Waals surface area contributed by atoms with Gasteiger partial charge in [0.15, 0.2) is 0 Å². The molecule has 0 bridgehead atoms. The maximum absolute atomic E-state index is 4.95. The molecule has 0 unspecified atom stereocenters. The van der Waals surface area contributed by atoms with Crippen LogP contribution in [0.3, 0.4) is 0 Å². The quantitative estimate of drug-likeness (QED) is 0.503. The summed E-state index contributed by atoms with van der Waals surface area (Å²) in [5.41, 5.74) is 0.